The number of likely N-dealkylation sites (N-methyl/N-ethyl adjacent to an activating group) is 1. The third-order valence-electron chi connectivity index (χ3n) is 2.72. The van der Waals surface area contributed by atoms with E-state index in [9.17, 15) is 4.79 Å². The van der Waals surface area contributed by atoms with Crippen LogP contribution in [0.4, 0.5) is 5.69 Å². The summed E-state index contributed by atoms with van der Waals surface area (Å²) in [5.41, 5.74) is 0.954. The van der Waals surface area contributed by atoms with Crippen LogP contribution in [0.1, 0.15) is 0 Å². The molecule has 0 aromatic heterocycles. The highest BCUT2D eigenvalue weighted by molar-refractivity contribution is 5.85. The van der Waals surface area contributed by atoms with Crippen molar-refractivity contribution in [2.45, 2.75) is 0 Å². The predicted octanol–water partition coefficient (Wildman–Crippen LogP) is 1.64. The highest BCUT2D eigenvalue weighted by Gasteiger charge is 2.02. The molecule has 7 heteroatoms. The average molecular weight is 338 g/mol. The van der Waals surface area contributed by atoms with Crippen molar-refractivity contribution in [1.29, 1.82) is 0 Å². The summed E-state index contributed by atoms with van der Waals surface area (Å²) in [6.07, 6.45) is 0. The summed E-state index contributed by atoms with van der Waals surface area (Å²) in [5.74, 6) is 0.00370. The molecule has 0 saturated carbocycles. The van der Waals surface area contributed by atoms with Crippen LogP contribution in [0.15, 0.2) is 30.3 Å². The number of benzene rings is 1. The largest absolute Gasteiger partial charge is 0.383 e. The molecule has 0 fully saturated rings. The molecule has 2 N–H and O–H groups in total. The number of methoxy groups -OCH3 is 1. The lowest BCUT2D eigenvalue weighted by Gasteiger charge is -2.16. The van der Waals surface area contributed by atoms with E-state index in [4.69, 9.17) is 4.74 Å². The molecule has 0 bridgehead atoms. The fourth-order valence-corrected chi connectivity index (χ4v) is 1.55. The Morgan fingerprint density at radius 2 is 1.86 bits per heavy atom. The summed E-state index contributed by atoms with van der Waals surface area (Å²) in [4.78, 5) is 13.7. The highest BCUT2D eigenvalue weighted by Crippen LogP contribution is 2.03. The molecule has 0 radical (unpaired) electrons. The van der Waals surface area contributed by atoms with Crippen LogP contribution in [0.3, 0.4) is 0 Å². The van der Waals surface area contributed by atoms with Crippen molar-refractivity contribution >= 4 is 36.4 Å². The van der Waals surface area contributed by atoms with Crippen molar-refractivity contribution in [1.82, 2.24) is 10.2 Å². The smallest absolute Gasteiger partial charge is 0.239 e. The van der Waals surface area contributed by atoms with Crippen LogP contribution in [0.2, 0.25) is 0 Å². The number of carbonyl (C=O) groups excluding carboxylic acids is 1. The van der Waals surface area contributed by atoms with Gasteiger partial charge in [-0.15, -0.1) is 24.8 Å². The van der Waals surface area contributed by atoms with E-state index in [2.05, 4.69) is 15.5 Å². The Bertz CT molecular complexity index is 366. The van der Waals surface area contributed by atoms with E-state index in [0.717, 1.165) is 18.8 Å². The average Bonchev–Trinajstić information content (AvgIpc) is 2.44. The van der Waals surface area contributed by atoms with E-state index in [1.165, 1.54) is 0 Å². The number of halogens is 2. The standard InChI is InChI=1S/C14H23N3O2.2ClH/c1-17(10-11-19-2)9-8-15-14(18)12-16-13-6-4-3-5-7-13;;/h3-7,16H,8-12H2,1-2H3,(H,15,18);2*1H. The predicted molar refractivity (Wildman–Crippen MR) is 91.8 cm³/mol. The number of ether oxygens (including phenoxy) is 1. The summed E-state index contributed by atoms with van der Waals surface area (Å²) in [6.45, 7) is 3.34. The van der Waals surface area contributed by atoms with Crippen LogP contribution >= 0.6 is 24.8 Å². The van der Waals surface area contributed by atoms with E-state index < -0.39 is 0 Å². The van der Waals surface area contributed by atoms with Gasteiger partial charge in [-0.1, -0.05) is 18.2 Å². The van der Waals surface area contributed by atoms with Crippen molar-refractivity contribution in [3.8, 4) is 0 Å². The fourth-order valence-electron chi connectivity index (χ4n) is 1.55. The summed E-state index contributed by atoms with van der Waals surface area (Å²) >= 11 is 0. The molecule has 1 aromatic carbocycles. The second-order valence-electron chi connectivity index (χ2n) is 4.37. The van der Waals surface area contributed by atoms with E-state index in [0.29, 0.717) is 19.7 Å². The Morgan fingerprint density at radius 3 is 2.48 bits per heavy atom. The maximum atomic E-state index is 11.6. The van der Waals surface area contributed by atoms with Crippen LogP contribution in [0, 0.1) is 0 Å². The van der Waals surface area contributed by atoms with Gasteiger partial charge in [-0.2, -0.15) is 0 Å². The minimum absolute atomic E-state index is 0. The van der Waals surface area contributed by atoms with E-state index in [1.807, 2.05) is 37.4 Å². The van der Waals surface area contributed by atoms with Gasteiger partial charge in [-0.25, -0.2) is 0 Å². The van der Waals surface area contributed by atoms with Crippen molar-refractivity contribution in [3.05, 3.63) is 30.3 Å². The number of para-hydroxylation sites is 1. The molecule has 0 saturated heterocycles. The summed E-state index contributed by atoms with van der Waals surface area (Å²) in [5, 5.41) is 5.95. The Hall–Kier alpha value is -1.01. The molecule has 1 rings (SSSR count). The lowest BCUT2D eigenvalue weighted by atomic mass is 10.3. The number of rotatable bonds is 9. The van der Waals surface area contributed by atoms with Gasteiger partial charge in [0.2, 0.25) is 5.91 Å². The van der Waals surface area contributed by atoms with Crippen molar-refractivity contribution in [2.24, 2.45) is 0 Å². The lowest BCUT2D eigenvalue weighted by molar-refractivity contribution is -0.119. The first-order chi connectivity index (χ1) is 9.22. The number of hydrogen-bond donors (Lipinski definition) is 2. The Balaban J connectivity index is 0. The van der Waals surface area contributed by atoms with Crippen LogP contribution in [-0.2, 0) is 9.53 Å². The van der Waals surface area contributed by atoms with Crippen LogP contribution in [-0.4, -0.2) is 57.8 Å². The normalized spacial score (nSPS) is 9.48. The Labute approximate surface area is 139 Å². The third-order valence-corrected chi connectivity index (χ3v) is 2.72. The van der Waals surface area contributed by atoms with Crippen LogP contribution in [0.25, 0.3) is 0 Å². The minimum Gasteiger partial charge on any atom is -0.383 e. The van der Waals surface area contributed by atoms with Gasteiger partial charge in [0.15, 0.2) is 0 Å². The van der Waals surface area contributed by atoms with Crippen LogP contribution in [0.5, 0.6) is 0 Å². The zero-order valence-electron chi connectivity index (χ0n) is 12.5. The Morgan fingerprint density at radius 1 is 1.19 bits per heavy atom. The van der Waals surface area contributed by atoms with Gasteiger partial charge in [0.05, 0.1) is 13.2 Å². The third kappa shape index (κ3) is 11.3. The molecule has 1 aromatic rings. The highest BCUT2D eigenvalue weighted by atomic mass is 35.5. The molecule has 5 nitrogen and oxygen atoms in total. The molecule has 0 spiro atoms. The molecule has 0 aliphatic heterocycles. The van der Waals surface area contributed by atoms with Crippen molar-refractivity contribution in [3.63, 3.8) is 0 Å². The number of hydrogen-bond acceptors (Lipinski definition) is 4. The second kappa shape index (κ2) is 13.9. The van der Waals surface area contributed by atoms with Gasteiger partial charge in [-0.3, -0.25) is 4.79 Å². The van der Waals surface area contributed by atoms with Crippen LogP contribution < -0.4 is 10.6 Å². The summed E-state index contributed by atoms with van der Waals surface area (Å²) < 4.78 is 4.99. The molecule has 0 aliphatic rings. The first-order valence-corrected chi connectivity index (χ1v) is 6.45. The lowest BCUT2D eigenvalue weighted by Crippen LogP contribution is -2.36. The topological polar surface area (TPSA) is 53.6 Å². The zero-order chi connectivity index (χ0) is 13.9. The molecule has 1 amide bonds. The molecule has 122 valence electrons. The van der Waals surface area contributed by atoms with Gasteiger partial charge in [-0.05, 0) is 19.2 Å². The number of anilines is 1. The van der Waals surface area contributed by atoms with Gasteiger partial charge in [0, 0.05) is 32.4 Å². The first kappa shape index (κ1) is 22.3. The molecule has 0 atom stereocenters. The molecule has 21 heavy (non-hydrogen) atoms. The molecular formula is C14H25Cl2N3O2. The number of carbonyl (C=O) groups is 1. The summed E-state index contributed by atoms with van der Waals surface area (Å²) in [6, 6.07) is 9.69. The molecule has 0 unspecified atom stereocenters. The summed E-state index contributed by atoms with van der Waals surface area (Å²) in [7, 11) is 3.69. The molecule has 0 heterocycles. The zero-order valence-corrected chi connectivity index (χ0v) is 14.1. The molecule has 0 aliphatic carbocycles. The van der Waals surface area contributed by atoms with Gasteiger partial charge in [0.1, 0.15) is 0 Å². The van der Waals surface area contributed by atoms with Crippen molar-refractivity contribution < 1.29 is 9.53 Å². The van der Waals surface area contributed by atoms with Gasteiger partial charge >= 0.3 is 0 Å². The first-order valence-electron chi connectivity index (χ1n) is 6.45. The maximum absolute atomic E-state index is 11.6. The number of amides is 1. The van der Waals surface area contributed by atoms with Gasteiger partial charge < -0.3 is 20.3 Å². The van der Waals surface area contributed by atoms with E-state index >= 15 is 0 Å². The Kier molecular flexibility index (Phi) is 14.8. The van der Waals surface area contributed by atoms with Gasteiger partial charge in [0.25, 0.3) is 0 Å². The number of nitrogens with zero attached hydrogens (tertiary/aromatic N) is 1. The minimum atomic E-state index is 0. The van der Waals surface area contributed by atoms with E-state index in [-0.39, 0.29) is 30.7 Å². The second-order valence-corrected chi connectivity index (χ2v) is 4.37. The fraction of sp³-hybridized carbons (Fsp3) is 0.500. The monoisotopic (exact) mass is 337 g/mol. The number of nitrogens with one attached hydrogen (secondary N) is 2. The quantitative estimate of drug-likeness (QED) is 0.719. The van der Waals surface area contributed by atoms with E-state index in [1.54, 1.807) is 7.11 Å². The van der Waals surface area contributed by atoms with Crippen molar-refractivity contribution in [2.75, 3.05) is 52.3 Å². The molecular weight excluding hydrogens is 313 g/mol. The maximum Gasteiger partial charge on any atom is 0.239 e. The SMILES string of the molecule is COCCN(C)CCNC(=O)CNc1ccccc1.Cl.Cl.